The Morgan fingerprint density at radius 2 is 1.79 bits per heavy atom. The minimum atomic E-state index is -1.16. The normalized spacial score (nSPS) is 18.3. The van der Waals surface area contributed by atoms with Crippen molar-refractivity contribution >= 4 is 40.7 Å². The second-order valence-electron chi connectivity index (χ2n) is 6.79. The topological polar surface area (TPSA) is 66.6 Å². The molecule has 28 heavy (non-hydrogen) atoms. The number of carbonyl (C=O) groups is 2. The van der Waals surface area contributed by atoms with Crippen LogP contribution < -0.4 is 10.9 Å². The highest BCUT2D eigenvalue weighted by atomic mass is 35.5. The van der Waals surface area contributed by atoms with Crippen molar-refractivity contribution < 1.29 is 9.59 Å². The molecule has 3 rings (SSSR count). The Kier molecular flexibility index (Phi) is 5.98. The molecule has 1 heterocycles. The lowest BCUT2D eigenvalue weighted by atomic mass is 9.72. The Balaban J connectivity index is 2.15. The second-order valence-corrected chi connectivity index (χ2v) is 7.63. The molecule has 2 aromatic carbocycles. The number of nitrogens with two attached hydrogens (primary N) is 1. The Morgan fingerprint density at radius 1 is 1.11 bits per heavy atom. The molecule has 1 aliphatic heterocycles. The van der Waals surface area contributed by atoms with Crippen molar-refractivity contribution in [1.29, 1.82) is 0 Å². The number of rotatable bonds is 6. The standard InChI is InChI=1S/C21H23Cl2N3O2/c1-3-25(4-2)19(27)11-12-21(15-7-5-6-8-17(15)23)16-13-14(22)9-10-18(16)26(24)20(21)28/h5-10,13H,3-4,11-12,24H2,1-2H3. The average Bonchev–Trinajstić information content (AvgIpc) is 2.89. The van der Waals surface area contributed by atoms with Crippen LogP contribution in [0.25, 0.3) is 0 Å². The Morgan fingerprint density at radius 3 is 2.43 bits per heavy atom. The van der Waals surface area contributed by atoms with Gasteiger partial charge in [-0.2, -0.15) is 0 Å². The van der Waals surface area contributed by atoms with Crippen molar-refractivity contribution in [2.75, 3.05) is 18.1 Å². The zero-order chi connectivity index (χ0) is 20.5. The van der Waals surface area contributed by atoms with Gasteiger partial charge in [0.15, 0.2) is 0 Å². The van der Waals surface area contributed by atoms with Crippen LogP contribution in [0, 0.1) is 0 Å². The van der Waals surface area contributed by atoms with Gasteiger partial charge in [0.25, 0.3) is 5.91 Å². The van der Waals surface area contributed by atoms with E-state index < -0.39 is 5.41 Å². The molecule has 1 unspecified atom stereocenters. The van der Waals surface area contributed by atoms with Gasteiger partial charge in [-0.25, -0.2) is 10.9 Å². The third kappa shape index (κ3) is 3.28. The molecule has 5 nitrogen and oxygen atoms in total. The summed E-state index contributed by atoms with van der Waals surface area (Å²) in [6.45, 7) is 5.10. The summed E-state index contributed by atoms with van der Waals surface area (Å²) in [6.07, 6.45) is 0.449. The molecule has 0 saturated carbocycles. The fourth-order valence-corrected chi connectivity index (χ4v) is 4.43. The molecule has 0 saturated heterocycles. The summed E-state index contributed by atoms with van der Waals surface area (Å²) in [4.78, 5) is 27.9. The fraction of sp³-hybridized carbons (Fsp3) is 0.333. The number of hydrazine groups is 1. The van der Waals surface area contributed by atoms with Crippen LogP contribution in [0.2, 0.25) is 10.0 Å². The Hall–Kier alpha value is -2.08. The van der Waals surface area contributed by atoms with Crippen molar-refractivity contribution in [3.8, 4) is 0 Å². The van der Waals surface area contributed by atoms with E-state index >= 15 is 0 Å². The van der Waals surface area contributed by atoms with E-state index in [0.29, 0.717) is 39.9 Å². The minimum absolute atomic E-state index is 0.0109. The molecule has 7 heteroatoms. The van der Waals surface area contributed by atoms with Gasteiger partial charge in [0.05, 0.1) is 5.69 Å². The summed E-state index contributed by atoms with van der Waals surface area (Å²) in [5.41, 5.74) is 0.721. The molecule has 0 aromatic heterocycles. The number of amides is 2. The summed E-state index contributed by atoms with van der Waals surface area (Å²) in [5, 5.41) is 2.08. The first-order valence-corrected chi connectivity index (χ1v) is 10.0. The lowest BCUT2D eigenvalue weighted by Gasteiger charge is -2.30. The first kappa shape index (κ1) is 20.6. The highest BCUT2D eigenvalue weighted by molar-refractivity contribution is 6.32. The number of benzene rings is 2. The SMILES string of the molecule is CCN(CC)C(=O)CCC1(c2ccccc2Cl)C(=O)N(N)c2ccc(Cl)cc21. The van der Waals surface area contributed by atoms with Crippen LogP contribution in [0.4, 0.5) is 5.69 Å². The lowest BCUT2D eigenvalue weighted by Crippen LogP contribution is -2.45. The molecule has 1 aliphatic rings. The Bertz CT molecular complexity index is 914. The molecule has 2 aromatic rings. The molecule has 1 atom stereocenters. The van der Waals surface area contributed by atoms with Gasteiger partial charge in [-0.3, -0.25) is 9.59 Å². The van der Waals surface area contributed by atoms with Gasteiger partial charge in [-0.05, 0) is 55.7 Å². The minimum Gasteiger partial charge on any atom is -0.343 e. The van der Waals surface area contributed by atoms with E-state index in [1.54, 1.807) is 35.2 Å². The van der Waals surface area contributed by atoms with Crippen molar-refractivity contribution in [1.82, 2.24) is 4.90 Å². The molecule has 2 N–H and O–H groups in total. The molecule has 0 aliphatic carbocycles. The van der Waals surface area contributed by atoms with Crippen molar-refractivity contribution in [2.45, 2.75) is 32.1 Å². The molecule has 2 amide bonds. The van der Waals surface area contributed by atoms with Gasteiger partial charge in [-0.1, -0.05) is 41.4 Å². The smallest absolute Gasteiger partial charge is 0.256 e. The summed E-state index contributed by atoms with van der Waals surface area (Å²) in [5.74, 6) is 5.80. The number of halogens is 2. The van der Waals surface area contributed by atoms with E-state index in [-0.39, 0.29) is 24.7 Å². The lowest BCUT2D eigenvalue weighted by molar-refractivity contribution is -0.131. The zero-order valence-electron chi connectivity index (χ0n) is 15.9. The molecule has 0 spiro atoms. The highest BCUT2D eigenvalue weighted by Gasteiger charge is 2.52. The van der Waals surface area contributed by atoms with Crippen LogP contribution in [0.15, 0.2) is 42.5 Å². The predicted octanol–water partition coefficient (Wildman–Crippen LogP) is 4.15. The van der Waals surface area contributed by atoms with Gasteiger partial charge in [0, 0.05) is 29.6 Å². The van der Waals surface area contributed by atoms with E-state index in [4.69, 9.17) is 29.0 Å². The van der Waals surface area contributed by atoms with E-state index in [2.05, 4.69) is 0 Å². The fourth-order valence-electron chi connectivity index (χ4n) is 3.96. The number of fused-ring (bicyclic) bond motifs is 1. The molecule has 0 fully saturated rings. The molecule has 0 bridgehead atoms. The van der Waals surface area contributed by atoms with Gasteiger partial charge < -0.3 is 4.90 Å². The highest BCUT2D eigenvalue weighted by Crippen LogP contribution is 2.50. The van der Waals surface area contributed by atoms with Crippen molar-refractivity contribution in [2.24, 2.45) is 5.84 Å². The van der Waals surface area contributed by atoms with Crippen LogP contribution in [0.1, 0.15) is 37.8 Å². The third-order valence-electron chi connectivity index (χ3n) is 5.43. The third-order valence-corrected chi connectivity index (χ3v) is 5.99. The average molecular weight is 420 g/mol. The van der Waals surface area contributed by atoms with Crippen LogP contribution in [-0.4, -0.2) is 29.8 Å². The summed E-state index contributed by atoms with van der Waals surface area (Å²) >= 11 is 12.8. The number of nitrogens with zero attached hydrogens (tertiary/aromatic N) is 2. The maximum atomic E-state index is 13.4. The molecular formula is C21H23Cl2N3O2. The van der Waals surface area contributed by atoms with Crippen LogP contribution in [-0.2, 0) is 15.0 Å². The van der Waals surface area contributed by atoms with E-state index in [1.807, 2.05) is 26.0 Å². The predicted molar refractivity (Wildman–Crippen MR) is 113 cm³/mol. The van der Waals surface area contributed by atoms with E-state index in [1.165, 1.54) is 0 Å². The summed E-state index contributed by atoms with van der Waals surface area (Å²) < 4.78 is 0. The number of carbonyl (C=O) groups excluding carboxylic acids is 2. The summed E-state index contributed by atoms with van der Waals surface area (Å²) in [6, 6.07) is 12.3. The van der Waals surface area contributed by atoms with Gasteiger partial charge in [0.2, 0.25) is 5.91 Å². The largest absolute Gasteiger partial charge is 0.343 e. The van der Waals surface area contributed by atoms with Crippen molar-refractivity contribution in [3.63, 3.8) is 0 Å². The zero-order valence-corrected chi connectivity index (χ0v) is 17.4. The van der Waals surface area contributed by atoms with Gasteiger partial charge >= 0.3 is 0 Å². The second kappa shape index (κ2) is 8.11. The van der Waals surface area contributed by atoms with Crippen molar-refractivity contribution in [3.05, 3.63) is 63.6 Å². The van der Waals surface area contributed by atoms with Crippen LogP contribution in [0.5, 0.6) is 0 Å². The number of hydrogen-bond acceptors (Lipinski definition) is 3. The maximum Gasteiger partial charge on any atom is 0.256 e. The van der Waals surface area contributed by atoms with Gasteiger partial charge in [-0.15, -0.1) is 0 Å². The number of anilines is 1. The first-order chi connectivity index (χ1) is 13.4. The van der Waals surface area contributed by atoms with E-state index in [9.17, 15) is 9.59 Å². The van der Waals surface area contributed by atoms with Crippen LogP contribution >= 0.6 is 23.2 Å². The number of hydrogen-bond donors (Lipinski definition) is 1. The maximum absolute atomic E-state index is 13.4. The Labute approximate surface area is 175 Å². The monoisotopic (exact) mass is 419 g/mol. The van der Waals surface area contributed by atoms with E-state index in [0.717, 1.165) is 5.01 Å². The molecule has 148 valence electrons. The summed E-state index contributed by atoms with van der Waals surface area (Å²) in [7, 11) is 0. The molecule has 0 radical (unpaired) electrons. The van der Waals surface area contributed by atoms with Crippen LogP contribution in [0.3, 0.4) is 0 Å². The quantitative estimate of drug-likeness (QED) is 0.564. The molecular weight excluding hydrogens is 397 g/mol. The first-order valence-electron chi connectivity index (χ1n) is 9.28. The van der Waals surface area contributed by atoms with Gasteiger partial charge in [0.1, 0.15) is 5.41 Å².